The average molecular weight is 333 g/mol. The molecule has 0 bridgehead atoms. The van der Waals surface area contributed by atoms with E-state index in [-0.39, 0.29) is 34.5 Å². The second-order valence-corrected chi connectivity index (χ2v) is 6.44. The van der Waals surface area contributed by atoms with Gasteiger partial charge in [0, 0.05) is 23.9 Å². The maximum absolute atomic E-state index is 12.6. The minimum atomic E-state index is -1.66. The molecule has 3 N–H and O–H groups in total. The van der Waals surface area contributed by atoms with Gasteiger partial charge >= 0.3 is 6.09 Å². The monoisotopic (exact) mass is 333 g/mol. The summed E-state index contributed by atoms with van der Waals surface area (Å²) in [5.41, 5.74) is 3.06. The van der Waals surface area contributed by atoms with Crippen LogP contribution in [0, 0.1) is 0 Å². The smallest absolute Gasteiger partial charge is 0.404 e. The largest absolute Gasteiger partial charge is 0.871 e. The number of carbonyl (C=O) groups is 2. The van der Waals surface area contributed by atoms with Crippen molar-refractivity contribution in [2.45, 2.75) is 24.7 Å². The van der Waals surface area contributed by atoms with Crippen LogP contribution in [-0.2, 0) is 9.53 Å². The summed E-state index contributed by atoms with van der Waals surface area (Å²) in [4.78, 5) is 26.8. The van der Waals surface area contributed by atoms with Crippen LogP contribution in [-0.4, -0.2) is 64.8 Å². The Morgan fingerprint density at radius 1 is 1.46 bits per heavy atom. The number of Topliss-reactive ketones (excluding diaryl/α,β-unsaturated/α-hetero) is 1. The van der Waals surface area contributed by atoms with E-state index in [4.69, 9.17) is 10.5 Å². The van der Waals surface area contributed by atoms with E-state index in [2.05, 4.69) is 0 Å². The number of hydrogen-bond acceptors (Lipinski definition) is 8. The average Bonchev–Trinajstić information content (AvgIpc) is 2.93. The van der Waals surface area contributed by atoms with Gasteiger partial charge in [0.25, 0.3) is 0 Å². The lowest BCUT2D eigenvalue weighted by Crippen LogP contribution is -2.50. The number of ketones is 1. The van der Waals surface area contributed by atoms with Crippen molar-refractivity contribution in [3.8, 4) is 0 Å². The van der Waals surface area contributed by atoms with Crippen LogP contribution in [0.5, 0.6) is 0 Å². The molecule has 3 heterocycles. The van der Waals surface area contributed by atoms with Gasteiger partial charge in [0.2, 0.25) is 0 Å². The minimum Gasteiger partial charge on any atom is -0.871 e. The van der Waals surface area contributed by atoms with Crippen molar-refractivity contribution in [2.75, 3.05) is 20.2 Å². The molecule has 0 aromatic rings. The Balaban J connectivity index is 1.92. The molecule has 2 saturated heterocycles. The molecule has 4 rings (SSSR count). The molecule has 0 radical (unpaired) electrons. The Hall–Kier alpha value is -2.52. The van der Waals surface area contributed by atoms with Gasteiger partial charge in [-0.15, -0.1) is 0 Å². The van der Waals surface area contributed by atoms with Crippen LogP contribution in [0.15, 0.2) is 33.9 Å². The van der Waals surface area contributed by atoms with Gasteiger partial charge in [-0.2, -0.15) is 0 Å². The van der Waals surface area contributed by atoms with Gasteiger partial charge < -0.3 is 30.7 Å². The van der Waals surface area contributed by atoms with Crippen LogP contribution in [0.25, 0.3) is 0 Å². The second kappa shape index (κ2) is 4.31. The molecule has 1 amide bonds. The van der Waals surface area contributed by atoms with Crippen molar-refractivity contribution < 1.29 is 29.6 Å². The van der Waals surface area contributed by atoms with Crippen molar-refractivity contribution in [3.05, 3.63) is 33.9 Å². The molecule has 128 valence electrons. The van der Waals surface area contributed by atoms with Gasteiger partial charge in [0.1, 0.15) is 6.61 Å². The highest BCUT2D eigenvalue weighted by Gasteiger charge is 2.71. The number of hydrogen-bond donors (Lipinski definition) is 2. The first kappa shape index (κ1) is 15.0. The van der Waals surface area contributed by atoms with Gasteiger partial charge in [0.05, 0.1) is 11.6 Å². The summed E-state index contributed by atoms with van der Waals surface area (Å²) in [6, 6.07) is -0.320. The number of allylic oxidation sites excluding steroid dienone is 3. The lowest BCUT2D eigenvalue weighted by atomic mass is 9.90. The molecule has 4 aliphatic rings. The molecule has 0 spiro atoms. The van der Waals surface area contributed by atoms with Crippen molar-refractivity contribution in [2.24, 2.45) is 5.73 Å². The number of aliphatic hydroxyl groups is 1. The molecule has 9 heteroatoms. The summed E-state index contributed by atoms with van der Waals surface area (Å²) in [7, 11) is 1.81. The highest BCUT2D eigenvalue weighted by atomic mass is 16.5. The summed E-state index contributed by atoms with van der Waals surface area (Å²) >= 11 is 0. The molecule has 4 atom stereocenters. The van der Waals surface area contributed by atoms with Crippen LogP contribution in [0.4, 0.5) is 4.79 Å². The van der Waals surface area contributed by atoms with Crippen LogP contribution in [0.2, 0.25) is 0 Å². The molecule has 2 fully saturated rings. The molecule has 0 saturated carbocycles. The molecule has 24 heavy (non-hydrogen) atoms. The first-order valence-corrected chi connectivity index (χ1v) is 7.43. The normalized spacial score (nSPS) is 36.9. The third-order valence-corrected chi connectivity index (χ3v) is 5.37. The Bertz CT molecular complexity index is 797. The minimum absolute atomic E-state index is 0.0169. The fourth-order valence-electron chi connectivity index (χ4n) is 4.10. The van der Waals surface area contributed by atoms with Crippen LogP contribution >= 0.6 is 0 Å². The number of fused-ring (bicyclic) bond motifs is 5. The molecule has 0 aromatic carbocycles. The van der Waals surface area contributed by atoms with Crippen LogP contribution in [0.3, 0.4) is 0 Å². The number of nitrogens with zero attached hydrogens (tertiary/aromatic N) is 2. The predicted molar refractivity (Wildman–Crippen MR) is 74.3 cm³/mol. The number of amides is 1. The number of primary amides is 1. The van der Waals surface area contributed by atoms with Gasteiger partial charge in [-0.05, 0) is 14.0 Å². The Morgan fingerprint density at radius 3 is 2.75 bits per heavy atom. The highest BCUT2D eigenvalue weighted by Crippen LogP contribution is 2.57. The van der Waals surface area contributed by atoms with Gasteiger partial charge in [-0.25, -0.2) is 4.79 Å². The number of rotatable bonds is 2. The van der Waals surface area contributed by atoms with Gasteiger partial charge in [0.15, 0.2) is 11.5 Å². The molecule has 3 aliphatic heterocycles. The third-order valence-electron chi connectivity index (χ3n) is 5.37. The fraction of sp³-hybridized carbons (Fsp3) is 0.467. The number of piperazine rings is 1. The van der Waals surface area contributed by atoms with Crippen molar-refractivity contribution >= 4 is 11.9 Å². The lowest BCUT2D eigenvalue weighted by molar-refractivity contribution is -0.316. The molecule has 0 aromatic heterocycles. The molecular formula is C15H15N3O6-2. The third kappa shape index (κ3) is 1.51. The molecule has 9 nitrogen and oxygen atoms in total. The summed E-state index contributed by atoms with van der Waals surface area (Å²) in [6.45, 7) is 1.19. The predicted octanol–water partition coefficient (Wildman–Crippen LogP) is -3.13. The zero-order chi connectivity index (χ0) is 17.5. The molecule has 1 unspecified atom stereocenters. The first-order valence-electron chi connectivity index (χ1n) is 7.43. The van der Waals surface area contributed by atoms with E-state index in [9.17, 15) is 24.9 Å². The van der Waals surface area contributed by atoms with E-state index in [1.807, 2.05) is 4.90 Å². The van der Waals surface area contributed by atoms with Crippen LogP contribution < -0.4 is 15.9 Å². The van der Waals surface area contributed by atoms with E-state index in [1.54, 1.807) is 7.05 Å². The zero-order valence-electron chi connectivity index (χ0n) is 13.0. The number of nitrogens with two attached hydrogens (primary N) is 1. The molecule has 1 aliphatic carbocycles. The molecular weight excluding hydrogens is 318 g/mol. The highest BCUT2D eigenvalue weighted by molar-refractivity contribution is 6.13. The number of ether oxygens (including phenoxy) is 1. The first-order chi connectivity index (χ1) is 11.2. The topological polar surface area (TPSA) is 142 Å². The quantitative estimate of drug-likeness (QED) is 0.505. The van der Waals surface area contributed by atoms with Crippen molar-refractivity contribution in [1.29, 1.82) is 0 Å². The number of likely N-dealkylation sites (N-methyl/N-ethyl adjacent to an activating group) is 1. The van der Waals surface area contributed by atoms with Crippen molar-refractivity contribution in [3.63, 3.8) is 0 Å². The maximum Gasteiger partial charge on any atom is 0.404 e. The van der Waals surface area contributed by atoms with E-state index >= 15 is 0 Å². The van der Waals surface area contributed by atoms with Crippen molar-refractivity contribution in [1.82, 2.24) is 9.80 Å². The standard InChI is InChI=1S/C15H17N3O6/c1-5-10(19)9-8(12(21)11(5)20)6(4-24-14(16)22)15(23)13-7(17(13)2)3-18(9)15/h7,13,19-20,23H,3-4H2,1-2H3,(H2,16,22)/p-2/t7-,13-,15+,17?/m0/s1. The van der Waals surface area contributed by atoms with E-state index in [0.29, 0.717) is 6.54 Å². The van der Waals surface area contributed by atoms with E-state index in [1.165, 1.54) is 11.8 Å². The summed E-state index contributed by atoms with van der Waals surface area (Å²) < 4.78 is 4.78. The summed E-state index contributed by atoms with van der Waals surface area (Å²) in [5, 5.41) is 35.9. The second-order valence-electron chi connectivity index (χ2n) is 6.44. The van der Waals surface area contributed by atoms with E-state index < -0.39 is 35.7 Å². The summed E-state index contributed by atoms with van der Waals surface area (Å²) in [6.07, 6.45) is -1.07. The zero-order valence-corrected chi connectivity index (χ0v) is 13.0. The Kier molecular flexibility index (Phi) is 2.70. The van der Waals surface area contributed by atoms with Gasteiger partial charge in [-0.3, -0.25) is 9.69 Å². The van der Waals surface area contributed by atoms with E-state index in [0.717, 1.165) is 0 Å². The fourth-order valence-corrected chi connectivity index (χ4v) is 4.10. The Morgan fingerprint density at radius 2 is 2.12 bits per heavy atom. The van der Waals surface area contributed by atoms with Gasteiger partial charge in [-0.1, -0.05) is 17.1 Å². The number of carbonyl (C=O) groups excluding carboxylic acids is 2. The SMILES string of the molecule is CC1=C([O-])C(=O)C2=C(COC(N)=O)[C@@]3(O)[C@@H]4[C@H](CN3C2=C1[O-])N4C. The van der Waals surface area contributed by atoms with Crippen LogP contribution in [0.1, 0.15) is 6.92 Å². The summed E-state index contributed by atoms with van der Waals surface area (Å²) in [5.74, 6) is -2.35. The lowest BCUT2D eigenvalue weighted by Gasteiger charge is -2.38. The Labute approximate surface area is 136 Å². The maximum atomic E-state index is 12.6.